The smallest absolute Gasteiger partial charge is 0.328 e. The van der Waals surface area contributed by atoms with Crippen LogP contribution in [0.5, 0.6) is 5.75 Å². The molecule has 0 unspecified atom stereocenters. The summed E-state index contributed by atoms with van der Waals surface area (Å²) in [5.41, 5.74) is 5.48. The van der Waals surface area contributed by atoms with E-state index in [1.54, 1.807) is 18.2 Å². The molecule has 0 fully saturated rings. The van der Waals surface area contributed by atoms with Crippen molar-refractivity contribution in [1.29, 1.82) is 0 Å². The average Bonchev–Trinajstić information content (AvgIpc) is 2.73. The fourth-order valence-corrected chi connectivity index (χ4v) is 3.21. The Kier molecular flexibility index (Phi) is 5.15. The maximum atomic E-state index is 13.8. The topological polar surface area (TPSA) is 123 Å². The molecule has 10 heteroatoms. The minimum Gasteiger partial charge on any atom is -0.467 e. The molecule has 3 aromatic rings. The van der Waals surface area contributed by atoms with Gasteiger partial charge >= 0.3 is 5.97 Å². The van der Waals surface area contributed by atoms with Crippen LogP contribution in [-0.2, 0) is 34.0 Å². The number of benzene rings is 2. The number of rotatable bonds is 5. The first kappa shape index (κ1) is 19.5. The number of carbonyl (C=O) groups excluding carboxylic acids is 2. The van der Waals surface area contributed by atoms with Crippen molar-refractivity contribution < 1.29 is 28.2 Å². The van der Waals surface area contributed by atoms with E-state index < -0.39 is 29.8 Å². The van der Waals surface area contributed by atoms with Crippen molar-refractivity contribution in [3.05, 3.63) is 69.4 Å². The van der Waals surface area contributed by atoms with Gasteiger partial charge in [-0.1, -0.05) is 18.2 Å². The number of esters is 1. The Morgan fingerprint density at radius 1 is 1.23 bits per heavy atom. The van der Waals surface area contributed by atoms with E-state index in [1.807, 2.05) is 0 Å². The third-order valence-electron chi connectivity index (χ3n) is 4.52. The number of hydrogen-bond donors (Lipinski definition) is 1. The molecule has 0 atom stereocenters. The van der Waals surface area contributed by atoms with Crippen LogP contribution in [0.25, 0.3) is 10.8 Å². The summed E-state index contributed by atoms with van der Waals surface area (Å²) in [6.07, 6.45) is 0. The highest BCUT2D eigenvalue weighted by atomic mass is 19.1. The molecule has 154 valence electrons. The molecule has 2 heterocycles. The molecule has 0 radical (unpaired) electrons. The molecule has 1 aliphatic rings. The molecule has 0 aliphatic carbocycles. The third-order valence-corrected chi connectivity index (χ3v) is 4.52. The quantitative estimate of drug-likeness (QED) is 0.625. The van der Waals surface area contributed by atoms with Gasteiger partial charge in [0.05, 0.1) is 12.0 Å². The largest absolute Gasteiger partial charge is 0.467 e. The van der Waals surface area contributed by atoms with Crippen molar-refractivity contribution in [3.63, 3.8) is 0 Å². The van der Waals surface area contributed by atoms with Crippen LogP contribution in [0, 0.1) is 5.82 Å². The lowest BCUT2D eigenvalue weighted by Gasteiger charge is -2.20. The van der Waals surface area contributed by atoms with Crippen LogP contribution in [0.15, 0.2) is 41.2 Å². The first-order valence-electron chi connectivity index (χ1n) is 8.91. The second-order valence-corrected chi connectivity index (χ2v) is 6.55. The summed E-state index contributed by atoms with van der Waals surface area (Å²) in [5, 5.41) is 4.40. The monoisotopic (exact) mass is 413 g/mol. The lowest BCUT2D eigenvalue weighted by molar-refractivity contribution is -0.146. The number of amides is 1. The van der Waals surface area contributed by atoms with Gasteiger partial charge in [0, 0.05) is 16.5 Å². The number of aromatic nitrogens is 2. The number of hydrogen-bond acceptors (Lipinski definition) is 7. The molecule has 1 amide bonds. The van der Waals surface area contributed by atoms with Gasteiger partial charge in [0.25, 0.3) is 11.5 Å². The maximum absolute atomic E-state index is 13.8. The van der Waals surface area contributed by atoms with Crippen molar-refractivity contribution in [2.75, 3.05) is 6.79 Å². The van der Waals surface area contributed by atoms with E-state index in [0.29, 0.717) is 22.3 Å². The number of halogens is 1. The fraction of sp³-hybridized carbons (Fsp3) is 0.200. The molecule has 2 aromatic carbocycles. The first-order chi connectivity index (χ1) is 14.4. The number of ether oxygens (including phenoxy) is 3. The molecule has 0 saturated carbocycles. The van der Waals surface area contributed by atoms with E-state index in [1.165, 1.54) is 18.2 Å². The molecule has 30 heavy (non-hydrogen) atoms. The standard InChI is InChI=1S/C20H16FN3O6/c21-13-5-11-8-28-10-30-18(11)12(6-13)9-29-16(25)7-24-20(27)15-4-2-1-3-14(15)17(23-24)19(22)26/h1-6H,7-10H2,(H2,22,26). The van der Waals surface area contributed by atoms with Crippen LogP contribution in [0.3, 0.4) is 0 Å². The molecule has 0 spiro atoms. The van der Waals surface area contributed by atoms with Crippen molar-refractivity contribution >= 4 is 22.6 Å². The Hall–Kier alpha value is -3.79. The zero-order valence-corrected chi connectivity index (χ0v) is 15.6. The van der Waals surface area contributed by atoms with Crippen LogP contribution in [-0.4, -0.2) is 28.4 Å². The first-order valence-corrected chi connectivity index (χ1v) is 8.91. The summed E-state index contributed by atoms with van der Waals surface area (Å²) < 4.78 is 30.3. The summed E-state index contributed by atoms with van der Waals surface area (Å²) in [6.45, 7) is -0.637. The van der Waals surface area contributed by atoms with E-state index >= 15 is 0 Å². The SMILES string of the molecule is NC(=O)c1nn(CC(=O)OCc2cc(F)cc3c2OCOC3)c(=O)c2ccccc12. The predicted octanol–water partition coefficient (Wildman–Crippen LogP) is 1.24. The Labute approximate surface area is 168 Å². The van der Waals surface area contributed by atoms with E-state index in [4.69, 9.17) is 19.9 Å². The normalized spacial score (nSPS) is 12.8. The molecular formula is C20H16FN3O6. The second-order valence-electron chi connectivity index (χ2n) is 6.55. The third kappa shape index (κ3) is 3.72. The van der Waals surface area contributed by atoms with Crippen molar-refractivity contribution in [2.45, 2.75) is 19.8 Å². The van der Waals surface area contributed by atoms with Crippen LogP contribution in [0.2, 0.25) is 0 Å². The van der Waals surface area contributed by atoms with Crippen LogP contribution >= 0.6 is 0 Å². The number of carbonyl (C=O) groups is 2. The Bertz CT molecular complexity index is 1220. The lowest BCUT2D eigenvalue weighted by atomic mass is 10.1. The van der Waals surface area contributed by atoms with Gasteiger partial charge in [0.1, 0.15) is 24.7 Å². The molecule has 1 aromatic heterocycles. The fourth-order valence-electron chi connectivity index (χ4n) is 3.21. The Morgan fingerprint density at radius 2 is 2.00 bits per heavy atom. The Balaban J connectivity index is 1.56. The minimum absolute atomic E-state index is 0.00583. The summed E-state index contributed by atoms with van der Waals surface area (Å²) in [7, 11) is 0. The van der Waals surface area contributed by atoms with Gasteiger partial charge in [-0.05, 0) is 18.2 Å². The van der Waals surface area contributed by atoms with Crippen molar-refractivity contribution in [2.24, 2.45) is 5.73 Å². The summed E-state index contributed by atoms with van der Waals surface area (Å²) >= 11 is 0. The minimum atomic E-state index is -0.834. The van der Waals surface area contributed by atoms with Gasteiger partial charge in [-0.25, -0.2) is 9.07 Å². The van der Waals surface area contributed by atoms with Gasteiger partial charge in [-0.15, -0.1) is 0 Å². The molecule has 4 rings (SSSR count). The molecule has 0 saturated heterocycles. The Morgan fingerprint density at radius 3 is 2.77 bits per heavy atom. The van der Waals surface area contributed by atoms with Crippen LogP contribution < -0.4 is 16.0 Å². The molecule has 9 nitrogen and oxygen atoms in total. The maximum Gasteiger partial charge on any atom is 0.328 e. The number of nitrogens with two attached hydrogens (primary N) is 1. The summed E-state index contributed by atoms with van der Waals surface area (Å²) in [5.74, 6) is -1.76. The predicted molar refractivity (Wildman–Crippen MR) is 101 cm³/mol. The van der Waals surface area contributed by atoms with Gasteiger partial charge in [-0.2, -0.15) is 5.10 Å². The van der Waals surface area contributed by atoms with E-state index in [-0.39, 0.29) is 31.1 Å². The average molecular weight is 413 g/mol. The number of nitrogens with zero attached hydrogens (tertiary/aromatic N) is 2. The summed E-state index contributed by atoms with van der Waals surface area (Å²) in [6, 6.07) is 8.79. The zero-order chi connectivity index (χ0) is 21.3. The van der Waals surface area contributed by atoms with Gasteiger partial charge in [0.15, 0.2) is 12.5 Å². The second kappa shape index (κ2) is 7.91. The molecule has 0 bridgehead atoms. The van der Waals surface area contributed by atoms with Gasteiger partial charge in [0.2, 0.25) is 0 Å². The van der Waals surface area contributed by atoms with E-state index in [2.05, 4.69) is 5.10 Å². The van der Waals surface area contributed by atoms with Crippen molar-refractivity contribution in [3.8, 4) is 5.75 Å². The highest BCUT2D eigenvalue weighted by molar-refractivity contribution is 6.04. The summed E-state index contributed by atoms with van der Waals surface area (Å²) in [4.78, 5) is 36.6. The zero-order valence-electron chi connectivity index (χ0n) is 15.6. The molecule has 1 aliphatic heterocycles. The number of fused-ring (bicyclic) bond motifs is 2. The number of primary amides is 1. The molecule has 2 N–H and O–H groups in total. The van der Waals surface area contributed by atoms with Crippen LogP contribution in [0.1, 0.15) is 21.6 Å². The molecular weight excluding hydrogens is 397 g/mol. The van der Waals surface area contributed by atoms with Crippen LogP contribution in [0.4, 0.5) is 4.39 Å². The van der Waals surface area contributed by atoms with Crippen molar-refractivity contribution in [1.82, 2.24) is 9.78 Å². The van der Waals surface area contributed by atoms with Gasteiger partial charge in [-0.3, -0.25) is 14.4 Å². The van der Waals surface area contributed by atoms with E-state index in [9.17, 15) is 18.8 Å². The van der Waals surface area contributed by atoms with Gasteiger partial charge < -0.3 is 19.9 Å². The van der Waals surface area contributed by atoms with E-state index in [0.717, 1.165) is 4.68 Å². The highest BCUT2D eigenvalue weighted by Crippen LogP contribution is 2.30. The lowest BCUT2D eigenvalue weighted by Crippen LogP contribution is -2.31. The highest BCUT2D eigenvalue weighted by Gasteiger charge is 2.20.